The van der Waals surface area contributed by atoms with Crippen LogP contribution in [0.25, 0.3) is 6.08 Å². The number of carbonyl (C=O) groups excluding carboxylic acids is 3. The highest BCUT2D eigenvalue weighted by Gasteiger charge is 2.17. The zero-order chi connectivity index (χ0) is 30.1. The van der Waals surface area contributed by atoms with Gasteiger partial charge in [0.25, 0.3) is 11.8 Å². The molecule has 3 amide bonds. The highest BCUT2D eigenvalue weighted by atomic mass is 35.5. The summed E-state index contributed by atoms with van der Waals surface area (Å²) in [5.41, 5.74) is 0.844. The number of hydrogen-bond acceptors (Lipinski definition) is 5. The van der Waals surface area contributed by atoms with Crippen molar-refractivity contribution in [2.24, 2.45) is 0 Å². The van der Waals surface area contributed by atoms with Gasteiger partial charge in [-0.2, -0.15) is 0 Å². The number of benzene rings is 4. The lowest BCUT2D eigenvalue weighted by atomic mass is 10.1. The summed E-state index contributed by atoms with van der Waals surface area (Å²) in [7, 11) is 0. The minimum absolute atomic E-state index is 0.0580. The predicted molar refractivity (Wildman–Crippen MR) is 161 cm³/mol. The van der Waals surface area contributed by atoms with Crippen LogP contribution in [0.5, 0.6) is 0 Å². The molecule has 0 spiro atoms. The summed E-state index contributed by atoms with van der Waals surface area (Å²) >= 11 is 7.38. The molecule has 0 bridgehead atoms. The third kappa shape index (κ3) is 8.29. The topological polar surface area (TPSA) is 125 Å². The molecule has 0 aliphatic heterocycles. The largest absolute Gasteiger partial charge is 0.478 e. The van der Waals surface area contributed by atoms with Crippen LogP contribution >= 0.6 is 23.4 Å². The van der Waals surface area contributed by atoms with E-state index in [1.807, 2.05) is 0 Å². The smallest absolute Gasteiger partial charge is 0.335 e. The van der Waals surface area contributed by atoms with Crippen LogP contribution in [0.3, 0.4) is 0 Å². The highest BCUT2D eigenvalue weighted by Crippen LogP contribution is 2.24. The van der Waals surface area contributed by atoms with Gasteiger partial charge in [0.05, 0.1) is 16.3 Å². The normalized spacial score (nSPS) is 11.0. The number of nitrogens with one attached hydrogen (secondary N) is 3. The van der Waals surface area contributed by atoms with Crippen molar-refractivity contribution in [1.29, 1.82) is 0 Å². The second-order valence-corrected chi connectivity index (χ2v) is 10.2. The molecular formula is C31H23ClFN3O5S. The number of amides is 3. The number of anilines is 2. The lowest BCUT2D eigenvalue weighted by Crippen LogP contribution is -2.30. The molecule has 4 aromatic rings. The summed E-state index contributed by atoms with van der Waals surface area (Å²) in [6, 6.07) is 24.9. The van der Waals surface area contributed by atoms with Gasteiger partial charge in [0.1, 0.15) is 11.5 Å². The Morgan fingerprint density at radius 3 is 2.19 bits per heavy atom. The number of carbonyl (C=O) groups is 4. The Labute approximate surface area is 249 Å². The molecule has 212 valence electrons. The standard InChI is InChI=1S/C31H23ClFN3O5S/c32-25-10-5-11-26(33)24(25)17-27(36-29(38)19-6-2-1-3-7-19)30(39)35-21-12-14-23(15-13-21)42-18-28(37)34-22-9-4-8-20(16-22)31(40)41/h1-17H,18H2,(H,34,37)(H,35,39)(H,36,38)(H,40,41)/b27-17-. The van der Waals surface area contributed by atoms with E-state index in [-0.39, 0.29) is 33.5 Å². The van der Waals surface area contributed by atoms with E-state index in [2.05, 4.69) is 16.0 Å². The minimum atomic E-state index is -1.09. The molecular weight excluding hydrogens is 581 g/mol. The van der Waals surface area contributed by atoms with Gasteiger partial charge < -0.3 is 21.1 Å². The molecule has 42 heavy (non-hydrogen) atoms. The molecule has 4 N–H and O–H groups in total. The second kappa shape index (κ2) is 14.1. The number of aromatic carboxylic acids is 1. The Morgan fingerprint density at radius 1 is 0.810 bits per heavy atom. The Kier molecular flexibility index (Phi) is 10.1. The van der Waals surface area contributed by atoms with E-state index in [0.29, 0.717) is 16.9 Å². The van der Waals surface area contributed by atoms with Crippen LogP contribution < -0.4 is 16.0 Å². The number of carboxylic acids is 1. The summed E-state index contributed by atoms with van der Waals surface area (Å²) in [5, 5.41) is 17.0. The average molecular weight is 604 g/mol. The van der Waals surface area contributed by atoms with Gasteiger partial charge in [0, 0.05) is 27.4 Å². The third-order valence-corrected chi connectivity index (χ3v) is 7.03. The third-order valence-electron chi connectivity index (χ3n) is 5.69. The maximum Gasteiger partial charge on any atom is 0.335 e. The van der Waals surface area contributed by atoms with Crippen molar-refractivity contribution in [3.8, 4) is 0 Å². The van der Waals surface area contributed by atoms with Crippen molar-refractivity contribution < 1.29 is 28.7 Å². The van der Waals surface area contributed by atoms with Crippen molar-refractivity contribution >= 4 is 64.5 Å². The molecule has 0 fully saturated rings. The van der Waals surface area contributed by atoms with Gasteiger partial charge in [0.2, 0.25) is 5.91 Å². The van der Waals surface area contributed by atoms with E-state index in [0.717, 1.165) is 4.90 Å². The Morgan fingerprint density at radius 2 is 1.50 bits per heavy atom. The molecule has 0 saturated carbocycles. The molecule has 0 unspecified atom stereocenters. The lowest BCUT2D eigenvalue weighted by molar-refractivity contribution is -0.114. The fourth-order valence-electron chi connectivity index (χ4n) is 3.64. The SMILES string of the molecule is O=C(CSc1ccc(NC(=O)/C(=C/c2c(F)cccc2Cl)NC(=O)c2ccccc2)cc1)Nc1cccc(C(=O)O)c1. The first-order chi connectivity index (χ1) is 20.2. The van der Waals surface area contributed by atoms with Crippen LogP contribution in [0.2, 0.25) is 5.02 Å². The summed E-state index contributed by atoms with van der Waals surface area (Å²) < 4.78 is 14.5. The first kappa shape index (κ1) is 30.0. The number of hydrogen-bond donors (Lipinski definition) is 4. The van der Waals surface area contributed by atoms with E-state index in [9.17, 15) is 23.6 Å². The van der Waals surface area contributed by atoms with Crippen molar-refractivity contribution in [2.75, 3.05) is 16.4 Å². The number of carboxylic acid groups (broad SMARTS) is 1. The van der Waals surface area contributed by atoms with E-state index in [1.54, 1.807) is 60.7 Å². The Hall–Kier alpha value is -4.93. The monoisotopic (exact) mass is 603 g/mol. The van der Waals surface area contributed by atoms with Crippen LogP contribution in [0.4, 0.5) is 15.8 Å². The molecule has 4 aromatic carbocycles. The van der Waals surface area contributed by atoms with Crippen molar-refractivity contribution in [3.63, 3.8) is 0 Å². The van der Waals surface area contributed by atoms with Gasteiger partial charge in [-0.05, 0) is 72.8 Å². The lowest BCUT2D eigenvalue weighted by Gasteiger charge is -2.12. The van der Waals surface area contributed by atoms with E-state index < -0.39 is 23.6 Å². The summed E-state index contributed by atoms with van der Waals surface area (Å²) in [6.45, 7) is 0. The summed E-state index contributed by atoms with van der Waals surface area (Å²) in [6.07, 6.45) is 1.17. The van der Waals surface area contributed by atoms with Crippen LogP contribution in [-0.4, -0.2) is 34.6 Å². The van der Waals surface area contributed by atoms with Gasteiger partial charge in [-0.15, -0.1) is 11.8 Å². The molecule has 0 aromatic heterocycles. The summed E-state index contributed by atoms with van der Waals surface area (Å²) in [5.74, 6) is -3.29. The number of thioether (sulfide) groups is 1. The second-order valence-electron chi connectivity index (χ2n) is 8.71. The van der Waals surface area contributed by atoms with Crippen LogP contribution in [0.1, 0.15) is 26.3 Å². The van der Waals surface area contributed by atoms with Crippen LogP contribution in [0, 0.1) is 5.82 Å². The van der Waals surface area contributed by atoms with Gasteiger partial charge in [-0.3, -0.25) is 14.4 Å². The van der Waals surface area contributed by atoms with Gasteiger partial charge >= 0.3 is 5.97 Å². The molecule has 0 aliphatic carbocycles. The van der Waals surface area contributed by atoms with Gasteiger partial charge in [-0.25, -0.2) is 9.18 Å². The van der Waals surface area contributed by atoms with Crippen LogP contribution in [0.15, 0.2) is 108 Å². The Balaban J connectivity index is 1.42. The first-order valence-electron chi connectivity index (χ1n) is 12.4. The molecule has 11 heteroatoms. The Bertz CT molecular complexity index is 1640. The van der Waals surface area contributed by atoms with Crippen molar-refractivity contribution in [3.05, 3.63) is 130 Å². The zero-order valence-corrected chi connectivity index (χ0v) is 23.3. The molecule has 8 nitrogen and oxygen atoms in total. The number of halogens is 2. The maximum absolute atomic E-state index is 14.5. The highest BCUT2D eigenvalue weighted by molar-refractivity contribution is 8.00. The molecule has 0 saturated heterocycles. The van der Waals surface area contributed by atoms with Gasteiger partial charge in [0.15, 0.2) is 0 Å². The van der Waals surface area contributed by atoms with Crippen LogP contribution in [-0.2, 0) is 9.59 Å². The maximum atomic E-state index is 14.5. The average Bonchev–Trinajstić information content (AvgIpc) is 2.98. The molecule has 0 atom stereocenters. The molecule has 0 radical (unpaired) electrons. The first-order valence-corrected chi connectivity index (χ1v) is 13.8. The number of rotatable bonds is 10. The molecule has 0 heterocycles. The van der Waals surface area contributed by atoms with E-state index >= 15 is 0 Å². The fourth-order valence-corrected chi connectivity index (χ4v) is 4.56. The molecule has 4 rings (SSSR count). The summed E-state index contributed by atoms with van der Waals surface area (Å²) in [4.78, 5) is 50.1. The van der Waals surface area contributed by atoms with E-state index in [4.69, 9.17) is 16.7 Å². The van der Waals surface area contributed by atoms with Crippen molar-refractivity contribution in [1.82, 2.24) is 5.32 Å². The fraction of sp³-hybridized carbons (Fsp3) is 0.0323. The van der Waals surface area contributed by atoms with Gasteiger partial charge in [-0.1, -0.05) is 41.9 Å². The zero-order valence-electron chi connectivity index (χ0n) is 21.8. The minimum Gasteiger partial charge on any atom is -0.478 e. The van der Waals surface area contributed by atoms with E-state index in [1.165, 1.54) is 54.2 Å². The van der Waals surface area contributed by atoms with Crippen molar-refractivity contribution in [2.45, 2.75) is 4.90 Å². The quantitative estimate of drug-likeness (QED) is 0.124. The molecule has 0 aliphatic rings. The predicted octanol–water partition coefficient (Wildman–Crippen LogP) is 6.32.